The van der Waals surface area contributed by atoms with Crippen LogP contribution >= 0.6 is 23.2 Å². The van der Waals surface area contributed by atoms with Crippen LogP contribution in [0.2, 0.25) is 10.0 Å². The summed E-state index contributed by atoms with van der Waals surface area (Å²) < 4.78 is 0. The van der Waals surface area contributed by atoms with Gasteiger partial charge >= 0.3 is 0 Å². The Balaban J connectivity index is 1.72. The first-order chi connectivity index (χ1) is 15.2. The molecule has 0 bridgehead atoms. The van der Waals surface area contributed by atoms with Crippen LogP contribution < -0.4 is 0 Å². The highest BCUT2D eigenvalue weighted by Gasteiger charge is 2.38. The van der Waals surface area contributed by atoms with Gasteiger partial charge in [0.1, 0.15) is 0 Å². The Morgan fingerprint density at radius 1 is 1.09 bits per heavy atom. The molecule has 1 aromatic rings. The number of likely N-dealkylation sites (tertiary alicyclic amines) is 1. The molecule has 0 saturated carbocycles. The number of hydrogen-bond acceptors (Lipinski definition) is 3. The van der Waals surface area contributed by atoms with Gasteiger partial charge in [-0.15, -0.1) is 0 Å². The van der Waals surface area contributed by atoms with Crippen LogP contribution in [0, 0.1) is 0 Å². The van der Waals surface area contributed by atoms with E-state index in [4.69, 9.17) is 23.2 Å². The second-order valence-electron chi connectivity index (χ2n) is 10.1. The number of piperazine rings is 1. The summed E-state index contributed by atoms with van der Waals surface area (Å²) in [6.07, 6.45) is 6.01. The third-order valence-corrected chi connectivity index (χ3v) is 7.84. The molecule has 3 rings (SSSR count). The van der Waals surface area contributed by atoms with Crippen molar-refractivity contribution >= 4 is 29.1 Å². The molecule has 6 heteroatoms. The molecule has 2 fully saturated rings. The molecule has 0 aliphatic carbocycles. The number of halogens is 2. The van der Waals surface area contributed by atoms with Crippen LogP contribution in [0.1, 0.15) is 58.9 Å². The van der Waals surface area contributed by atoms with Gasteiger partial charge in [0.25, 0.3) is 0 Å². The predicted molar refractivity (Wildman–Crippen MR) is 136 cm³/mol. The fraction of sp³-hybridized carbons (Fsp3) is 0.654. The Morgan fingerprint density at radius 2 is 1.81 bits per heavy atom. The lowest BCUT2D eigenvalue weighted by atomic mass is 9.71. The average molecular weight is 481 g/mol. The van der Waals surface area contributed by atoms with Crippen LogP contribution in [0.5, 0.6) is 0 Å². The van der Waals surface area contributed by atoms with E-state index in [1.165, 1.54) is 5.56 Å². The van der Waals surface area contributed by atoms with E-state index in [2.05, 4.69) is 29.7 Å². The number of piperidine rings is 1. The van der Waals surface area contributed by atoms with Crippen LogP contribution in [0.4, 0.5) is 0 Å². The minimum atomic E-state index is -0.0720. The first-order valence-electron chi connectivity index (χ1n) is 12.1. The van der Waals surface area contributed by atoms with Gasteiger partial charge in [0, 0.05) is 56.8 Å². The van der Waals surface area contributed by atoms with E-state index in [1.807, 2.05) is 30.9 Å². The quantitative estimate of drug-likeness (QED) is 0.474. The maximum absolute atomic E-state index is 12.8. The normalized spacial score (nSPS) is 22.9. The number of rotatable bonds is 7. The fourth-order valence-corrected chi connectivity index (χ4v) is 5.51. The molecule has 0 radical (unpaired) electrons. The molecular weight excluding hydrogens is 441 g/mol. The lowest BCUT2D eigenvalue weighted by Gasteiger charge is -2.44. The van der Waals surface area contributed by atoms with Crippen molar-refractivity contribution in [2.24, 2.45) is 0 Å². The number of benzene rings is 1. The second kappa shape index (κ2) is 11.4. The van der Waals surface area contributed by atoms with Crippen LogP contribution in [0.15, 0.2) is 29.8 Å². The van der Waals surface area contributed by atoms with E-state index in [-0.39, 0.29) is 11.3 Å². The SMILES string of the molecule is CC(C)=CC(=O)N1CCCC(CCCN2CCN(C(C)C)CC2)(c2ccc(Cl)c(Cl)c2)C1. The molecular formula is C26H39Cl2N3O. The first-order valence-corrected chi connectivity index (χ1v) is 12.8. The molecule has 0 N–H and O–H groups in total. The molecule has 1 amide bonds. The lowest BCUT2D eigenvalue weighted by Crippen LogP contribution is -2.50. The average Bonchev–Trinajstić information content (AvgIpc) is 2.75. The summed E-state index contributed by atoms with van der Waals surface area (Å²) in [6, 6.07) is 6.68. The van der Waals surface area contributed by atoms with E-state index in [0.717, 1.165) is 77.1 Å². The smallest absolute Gasteiger partial charge is 0.246 e. The number of hydrogen-bond donors (Lipinski definition) is 0. The highest BCUT2D eigenvalue weighted by atomic mass is 35.5. The predicted octanol–water partition coefficient (Wildman–Crippen LogP) is 5.63. The topological polar surface area (TPSA) is 26.8 Å². The highest BCUT2D eigenvalue weighted by molar-refractivity contribution is 6.42. The summed E-state index contributed by atoms with van der Waals surface area (Å²) in [7, 11) is 0. The largest absolute Gasteiger partial charge is 0.338 e. The van der Waals surface area contributed by atoms with Crippen molar-refractivity contribution in [3.63, 3.8) is 0 Å². The molecule has 2 saturated heterocycles. The van der Waals surface area contributed by atoms with Gasteiger partial charge in [0.15, 0.2) is 0 Å². The molecule has 2 heterocycles. The number of nitrogens with zero attached hydrogens (tertiary/aromatic N) is 3. The Labute approximate surface area is 204 Å². The molecule has 1 atom stereocenters. The van der Waals surface area contributed by atoms with Crippen molar-refractivity contribution in [1.82, 2.24) is 14.7 Å². The maximum atomic E-state index is 12.8. The van der Waals surface area contributed by atoms with Crippen LogP contribution in [-0.4, -0.2) is 72.5 Å². The van der Waals surface area contributed by atoms with E-state index >= 15 is 0 Å². The Bertz CT molecular complexity index is 813. The Morgan fingerprint density at radius 3 is 2.44 bits per heavy atom. The zero-order chi connectivity index (χ0) is 23.3. The maximum Gasteiger partial charge on any atom is 0.246 e. The van der Waals surface area contributed by atoms with Gasteiger partial charge in [0.2, 0.25) is 5.91 Å². The summed E-state index contributed by atoms with van der Waals surface area (Å²) in [6.45, 7) is 15.8. The zero-order valence-electron chi connectivity index (χ0n) is 20.2. The zero-order valence-corrected chi connectivity index (χ0v) is 21.7. The van der Waals surface area contributed by atoms with Crippen molar-refractivity contribution < 1.29 is 4.79 Å². The molecule has 4 nitrogen and oxygen atoms in total. The number of carbonyl (C=O) groups excluding carboxylic acids is 1. The molecule has 0 aromatic heterocycles. The van der Waals surface area contributed by atoms with Crippen LogP contribution in [0.3, 0.4) is 0 Å². The van der Waals surface area contributed by atoms with E-state index in [1.54, 1.807) is 6.08 Å². The van der Waals surface area contributed by atoms with Crippen molar-refractivity contribution in [3.05, 3.63) is 45.5 Å². The van der Waals surface area contributed by atoms with Crippen molar-refractivity contribution in [2.75, 3.05) is 45.8 Å². The van der Waals surface area contributed by atoms with Gasteiger partial charge in [-0.1, -0.05) is 34.8 Å². The van der Waals surface area contributed by atoms with Gasteiger partial charge in [-0.3, -0.25) is 9.69 Å². The first kappa shape index (κ1) is 25.6. The lowest BCUT2D eigenvalue weighted by molar-refractivity contribution is -0.128. The van der Waals surface area contributed by atoms with Gasteiger partial charge in [-0.2, -0.15) is 0 Å². The second-order valence-corrected chi connectivity index (χ2v) is 10.9. The van der Waals surface area contributed by atoms with Crippen molar-refractivity contribution in [3.8, 4) is 0 Å². The number of allylic oxidation sites excluding steroid dienone is 1. The molecule has 1 aromatic carbocycles. The molecule has 1 unspecified atom stereocenters. The van der Waals surface area contributed by atoms with Gasteiger partial charge in [0.05, 0.1) is 10.0 Å². The van der Waals surface area contributed by atoms with Gasteiger partial charge in [-0.05, 0) is 77.6 Å². The minimum Gasteiger partial charge on any atom is -0.338 e. The van der Waals surface area contributed by atoms with Crippen LogP contribution in [-0.2, 0) is 10.2 Å². The van der Waals surface area contributed by atoms with Crippen LogP contribution in [0.25, 0.3) is 0 Å². The number of amides is 1. The van der Waals surface area contributed by atoms with Gasteiger partial charge < -0.3 is 9.80 Å². The summed E-state index contributed by atoms with van der Waals surface area (Å²) >= 11 is 12.6. The standard InChI is InChI=1S/C26H39Cl2N3O/c1-20(2)17-25(32)31-12-6-10-26(19-31,22-7-8-23(27)24(28)18-22)9-5-11-29-13-15-30(16-14-29)21(3)4/h7-8,17-18,21H,5-6,9-16,19H2,1-4H3. The van der Waals surface area contributed by atoms with E-state index < -0.39 is 0 Å². The van der Waals surface area contributed by atoms with Crippen molar-refractivity contribution in [1.29, 1.82) is 0 Å². The summed E-state index contributed by atoms with van der Waals surface area (Å²) in [5.74, 6) is 0.124. The number of carbonyl (C=O) groups is 1. The highest BCUT2D eigenvalue weighted by Crippen LogP contribution is 2.40. The van der Waals surface area contributed by atoms with E-state index in [9.17, 15) is 4.79 Å². The minimum absolute atomic E-state index is 0.0720. The summed E-state index contributed by atoms with van der Waals surface area (Å²) in [5, 5.41) is 1.18. The summed E-state index contributed by atoms with van der Waals surface area (Å²) in [4.78, 5) is 20.0. The molecule has 0 spiro atoms. The third kappa shape index (κ3) is 6.50. The van der Waals surface area contributed by atoms with E-state index in [0.29, 0.717) is 16.1 Å². The Kier molecular flexibility index (Phi) is 9.08. The summed E-state index contributed by atoms with van der Waals surface area (Å²) in [5.41, 5.74) is 2.18. The monoisotopic (exact) mass is 479 g/mol. The molecule has 32 heavy (non-hydrogen) atoms. The molecule has 2 aliphatic rings. The Hall–Kier alpha value is -1.07. The van der Waals surface area contributed by atoms with Gasteiger partial charge in [-0.25, -0.2) is 0 Å². The molecule has 178 valence electrons. The molecule has 2 aliphatic heterocycles. The fourth-order valence-electron chi connectivity index (χ4n) is 5.21. The van der Waals surface area contributed by atoms with Crippen molar-refractivity contribution in [2.45, 2.75) is 64.8 Å². The third-order valence-electron chi connectivity index (χ3n) is 7.10.